The van der Waals surface area contributed by atoms with Gasteiger partial charge in [-0.15, -0.1) is 0 Å². The minimum atomic E-state index is -1.34. The lowest BCUT2D eigenvalue weighted by atomic mass is 10.2. The number of benzene rings is 1. The summed E-state index contributed by atoms with van der Waals surface area (Å²) < 4.78 is -1.34. The first-order chi connectivity index (χ1) is 5.00. The van der Waals surface area contributed by atoms with E-state index in [1.54, 1.807) is 18.2 Å². The van der Waals surface area contributed by atoms with Gasteiger partial charge in [-0.25, -0.2) is 0 Å². The van der Waals surface area contributed by atoms with Gasteiger partial charge in [0.15, 0.2) is 0 Å². The van der Waals surface area contributed by atoms with E-state index in [9.17, 15) is 0 Å². The first-order valence-corrected chi connectivity index (χ1v) is 4.13. The predicted molar refractivity (Wildman–Crippen MR) is 50.1 cm³/mol. The molecule has 59 valence electrons. The highest BCUT2D eigenvalue weighted by molar-refractivity contribution is 6.66. The maximum Gasteiger partial charge on any atom is 0.216 e. The molecule has 0 aliphatic rings. The van der Waals surface area contributed by atoms with E-state index in [4.69, 9.17) is 34.8 Å². The zero-order valence-corrected chi connectivity index (χ0v) is 7.92. The predicted octanol–water partition coefficient (Wildman–Crippen LogP) is 3.70. The summed E-state index contributed by atoms with van der Waals surface area (Å²) in [5.74, 6) is 0. The molecule has 0 saturated carbocycles. The topological polar surface area (TPSA) is 0 Å². The van der Waals surface area contributed by atoms with Gasteiger partial charge >= 0.3 is 0 Å². The van der Waals surface area contributed by atoms with Crippen molar-refractivity contribution in [3.05, 3.63) is 42.3 Å². The molecule has 1 aromatic carbocycles. The van der Waals surface area contributed by atoms with Crippen LogP contribution in [-0.4, -0.2) is 0 Å². The molecule has 0 aliphatic heterocycles. The highest BCUT2D eigenvalue weighted by Gasteiger charge is 2.21. The minimum absolute atomic E-state index is 0.648. The zero-order chi connectivity index (χ0) is 8.48. The van der Waals surface area contributed by atoms with Crippen molar-refractivity contribution < 1.29 is 0 Å². The normalized spacial score (nSPS) is 11.6. The Hall–Kier alpha value is 0.0900. The average Bonchev–Trinajstić information content (AvgIpc) is 1.86. The van der Waals surface area contributed by atoms with E-state index >= 15 is 0 Å². The Labute approximate surface area is 81.1 Å². The Kier molecular flexibility index (Phi) is 2.69. The van der Waals surface area contributed by atoms with Gasteiger partial charge in [0.1, 0.15) is 0 Å². The second-order valence-electron chi connectivity index (χ2n) is 2.20. The summed E-state index contributed by atoms with van der Waals surface area (Å²) in [5, 5.41) is 0. The third-order valence-electron chi connectivity index (χ3n) is 1.25. The summed E-state index contributed by atoms with van der Waals surface area (Å²) in [6, 6.07) is 7.15. The summed E-state index contributed by atoms with van der Waals surface area (Å²) >= 11 is 16.9. The van der Waals surface area contributed by atoms with E-state index < -0.39 is 3.79 Å². The molecule has 0 aromatic heterocycles. The zero-order valence-electron chi connectivity index (χ0n) is 5.65. The van der Waals surface area contributed by atoms with Gasteiger partial charge in [0, 0.05) is 5.56 Å². The van der Waals surface area contributed by atoms with Gasteiger partial charge in [0.25, 0.3) is 0 Å². The number of halogens is 3. The Balaban J connectivity index is 3.06. The molecule has 0 bridgehead atoms. The van der Waals surface area contributed by atoms with Crippen LogP contribution >= 0.6 is 34.8 Å². The van der Waals surface area contributed by atoms with Gasteiger partial charge in [-0.2, -0.15) is 0 Å². The Morgan fingerprint density at radius 2 is 1.82 bits per heavy atom. The molecule has 1 radical (unpaired) electrons. The average molecular weight is 208 g/mol. The first kappa shape index (κ1) is 9.18. The Morgan fingerprint density at radius 3 is 2.18 bits per heavy atom. The van der Waals surface area contributed by atoms with Crippen molar-refractivity contribution in [2.75, 3.05) is 0 Å². The molecule has 0 heterocycles. The maximum absolute atomic E-state index is 5.63. The molecular formula is C8H6Cl3. The van der Waals surface area contributed by atoms with Crippen LogP contribution in [0.2, 0.25) is 0 Å². The van der Waals surface area contributed by atoms with E-state index in [1.807, 2.05) is 6.07 Å². The van der Waals surface area contributed by atoms with Crippen molar-refractivity contribution in [3.8, 4) is 0 Å². The second kappa shape index (κ2) is 3.22. The molecule has 1 aromatic rings. The van der Waals surface area contributed by atoms with Gasteiger partial charge in [-0.1, -0.05) is 59.1 Å². The Morgan fingerprint density at radius 1 is 1.18 bits per heavy atom. The molecular weight excluding hydrogens is 202 g/mol. The molecule has 0 saturated heterocycles. The van der Waals surface area contributed by atoms with Gasteiger partial charge in [-0.3, -0.25) is 0 Å². The van der Waals surface area contributed by atoms with E-state index in [0.29, 0.717) is 5.56 Å². The molecule has 3 heteroatoms. The highest BCUT2D eigenvalue weighted by Crippen LogP contribution is 2.38. The fraction of sp³-hybridized carbons (Fsp3) is 0.125. The van der Waals surface area contributed by atoms with Crippen molar-refractivity contribution in [1.82, 2.24) is 0 Å². The minimum Gasteiger partial charge on any atom is -0.0784 e. The van der Waals surface area contributed by atoms with E-state index in [-0.39, 0.29) is 0 Å². The van der Waals surface area contributed by atoms with Crippen molar-refractivity contribution >= 4 is 34.8 Å². The molecule has 0 atom stereocenters. The van der Waals surface area contributed by atoms with Gasteiger partial charge in [0.2, 0.25) is 3.79 Å². The molecule has 0 spiro atoms. The van der Waals surface area contributed by atoms with Gasteiger partial charge in [-0.05, 0) is 12.5 Å². The van der Waals surface area contributed by atoms with Gasteiger partial charge < -0.3 is 0 Å². The standard InChI is InChI=1S/C8H6Cl3/c1-6-3-2-4-7(5-6)8(9,10)11/h2-5H,1H2. The number of hydrogen-bond acceptors (Lipinski definition) is 0. The fourth-order valence-electron chi connectivity index (χ4n) is 0.748. The summed E-state index contributed by atoms with van der Waals surface area (Å²) in [6.07, 6.45) is 0. The van der Waals surface area contributed by atoms with Crippen molar-refractivity contribution in [2.24, 2.45) is 0 Å². The molecule has 0 nitrogen and oxygen atoms in total. The number of alkyl halides is 3. The third kappa shape index (κ3) is 2.55. The van der Waals surface area contributed by atoms with Crippen LogP contribution < -0.4 is 0 Å². The number of hydrogen-bond donors (Lipinski definition) is 0. The number of rotatable bonds is 0. The molecule has 0 N–H and O–H groups in total. The van der Waals surface area contributed by atoms with Crippen LogP contribution in [0, 0.1) is 6.92 Å². The SMILES string of the molecule is [CH2]c1cccc(C(Cl)(Cl)Cl)c1. The third-order valence-corrected chi connectivity index (χ3v) is 1.91. The van der Waals surface area contributed by atoms with Gasteiger partial charge in [0.05, 0.1) is 0 Å². The van der Waals surface area contributed by atoms with E-state index in [2.05, 4.69) is 6.92 Å². The van der Waals surface area contributed by atoms with Crippen molar-refractivity contribution in [1.29, 1.82) is 0 Å². The van der Waals surface area contributed by atoms with Crippen LogP contribution in [0.15, 0.2) is 24.3 Å². The lowest BCUT2D eigenvalue weighted by Gasteiger charge is -2.10. The molecule has 0 fully saturated rings. The van der Waals surface area contributed by atoms with Crippen molar-refractivity contribution in [3.63, 3.8) is 0 Å². The first-order valence-electron chi connectivity index (χ1n) is 2.99. The molecule has 0 aliphatic carbocycles. The molecule has 0 unspecified atom stereocenters. The lowest BCUT2D eigenvalue weighted by Crippen LogP contribution is -1.99. The van der Waals surface area contributed by atoms with Crippen LogP contribution in [-0.2, 0) is 3.79 Å². The highest BCUT2D eigenvalue weighted by atomic mass is 35.6. The summed E-state index contributed by atoms with van der Waals surface area (Å²) in [6.45, 7) is 3.72. The van der Waals surface area contributed by atoms with Crippen molar-refractivity contribution in [2.45, 2.75) is 3.79 Å². The molecule has 11 heavy (non-hydrogen) atoms. The summed E-state index contributed by atoms with van der Waals surface area (Å²) in [5.41, 5.74) is 1.49. The maximum atomic E-state index is 5.63. The lowest BCUT2D eigenvalue weighted by molar-refractivity contribution is 1.23. The summed E-state index contributed by atoms with van der Waals surface area (Å²) in [7, 11) is 0. The molecule has 1 rings (SSSR count). The second-order valence-corrected chi connectivity index (χ2v) is 4.48. The summed E-state index contributed by atoms with van der Waals surface area (Å²) in [4.78, 5) is 0. The molecule has 0 amide bonds. The van der Waals surface area contributed by atoms with E-state index in [0.717, 1.165) is 5.56 Å². The largest absolute Gasteiger partial charge is 0.216 e. The van der Waals surface area contributed by atoms with Crippen LogP contribution in [0.1, 0.15) is 11.1 Å². The smallest absolute Gasteiger partial charge is 0.0784 e. The van der Waals surface area contributed by atoms with Crippen LogP contribution in [0.5, 0.6) is 0 Å². The van der Waals surface area contributed by atoms with Crippen LogP contribution in [0.3, 0.4) is 0 Å². The van der Waals surface area contributed by atoms with E-state index in [1.165, 1.54) is 0 Å². The van der Waals surface area contributed by atoms with Crippen LogP contribution in [0.25, 0.3) is 0 Å². The quantitative estimate of drug-likeness (QED) is 0.571. The Bertz CT molecular complexity index is 250. The monoisotopic (exact) mass is 207 g/mol. The fourth-order valence-corrected chi connectivity index (χ4v) is 1.10. The van der Waals surface area contributed by atoms with Crippen LogP contribution in [0.4, 0.5) is 0 Å².